The van der Waals surface area contributed by atoms with Crippen LogP contribution in [0.2, 0.25) is 0 Å². The van der Waals surface area contributed by atoms with Crippen molar-refractivity contribution in [1.82, 2.24) is 15.5 Å². The van der Waals surface area contributed by atoms with Gasteiger partial charge in [-0.15, -0.1) is 24.0 Å². The SMILES string of the molecule is CCNC(=NCC1CCCN1Cc1ccccc1)NC(C)COC1CCOC1.I. The molecule has 3 rings (SSSR count). The summed E-state index contributed by atoms with van der Waals surface area (Å²) >= 11 is 0. The van der Waals surface area contributed by atoms with E-state index in [0.29, 0.717) is 12.6 Å². The van der Waals surface area contributed by atoms with Gasteiger partial charge >= 0.3 is 0 Å². The lowest BCUT2D eigenvalue weighted by atomic mass is 10.2. The van der Waals surface area contributed by atoms with Crippen molar-refractivity contribution in [2.45, 2.75) is 57.8 Å². The van der Waals surface area contributed by atoms with E-state index in [-0.39, 0.29) is 36.1 Å². The molecule has 2 fully saturated rings. The number of rotatable bonds is 9. The van der Waals surface area contributed by atoms with Gasteiger partial charge in [-0.05, 0) is 45.2 Å². The van der Waals surface area contributed by atoms with Gasteiger partial charge in [0.05, 0.1) is 25.9 Å². The monoisotopic (exact) mass is 516 g/mol. The van der Waals surface area contributed by atoms with Crippen LogP contribution in [0.5, 0.6) is 0 Å². The second-order valence-corrected chi connectivity index (χ2v) is 7.84. The number of likely N-dealkylation sites (tertiary alicyclic amines) is 1. The zero-order chi connectivity index (χ0) is 19.6. The molecule has 7 heteroatoms. The molecular weight excluding hydrogens is 479 g/mol. The van der Waals surface area contributed by atoms with Crippen LogP contribution in [0.3, 0.4) is 0 Å². The molecule has 6 nitrogen and oxygen atoms in total. The number of halogens is 1. The Hall–Kier alpha value is -0.900. The van der Waals surface area contributed by atoms with E-state index < -0.39 is 0 Å². The van der Waals surface area contributed by atoms with Gasteiger partial charge in [-0.2, -0.15) is 0 Å². The average molecular weight is 516 g/mol. The maximum Gasteiger partial charge on any atom is 0.191 e. The average Bonchev–Trinajstić information content (AvgIpc) is 3.37. The summed E-state index contributed by atoms with van der Waals surface area (Å²) in [5, 5.41) is 6.85. The molecular formula is C22H37IN4O2. The van der Waals surface area contributed by atoms with Gasteiger partial charge in [-0.25, -0.2) is 0 Å². The molecule has 0 aromatic heterocycles. The molecule has 2 heterocycles. The number of hydrogen-bond acceptors (Lipinski definition) is 4. The summed E-state index contributed by atoms with van der Waals surface area (Å²) in [5.74, 6) is 0.882. The van der Waals surface area contributed by atoms with Crippen LogP contribution in [0.25, 0.3) is 0 Å². The van der Waals surface area contributed by atoms with Gasteiger partial charge in [-0.1, -0.05) is 30.3 Å². The zero-order valence-corrected chi connectivity index (χ0v) is 20.1. The van der Waals surface area contributed by atoms with Gasteiger partial charge in [0.2, 0.25) is 0 Å². The number of nitrogens with zero attached hydrogens (tertiary/aromatic N) is 2. The van der Waals surface area contributed by atoms with Crippen LogP contribution in [-0.4, -0.2) is 68.5 Å². The van der Waals surface area contributed by atoms with E-state index in [1.54, 1.807) is 0 Å². The Morgan fingerprint density at radius 2 is 2.14 bits per heavy atom. The van der Waals surface area contributed by atoms with E-state index in [4.69, 9.17) is 14.5 Å². The van der Waals surface area contributed by atoms with Gasteiger partial charge in [0, 0.05) is 31.8 Å². The molecule has 29 heavy (non-hydrogen) atoms. The lowest BCUT2D eigenvalue weighted by Crippen LogP contribution is -2.45. The van der Waals surface area contributed by atoms with Crippen molar-refractivity contribution in [1.29, 1.82) is 0 Å². The number of guanidine groups is 1. The molecule has 164 valence electrons. The largest absolute Gasteiger partial charge is 0.379 e. The first-order valence-electron chi connectivity index (χ1n) is 10.8. The summed E-state index contributed by atoms with van der Waals surface area (Å²) in [6.45, 7) is 10.3. The van der Waals surface area contributed by atoms with Gasteiger partial charge in [-0.3, -0.25) is 9.89 Å². The summed E-state index contributed by atoms with van der Waals surface area (Å²) in [6.07, 6.45) is 3.72. The first-order chi connectivity index (χ1) is 13.7. The molecule has 2 aliphatic rings. The molecule has 2 aliphatic heterocycles. The van der Waals surface area contributed by atoms with Crippen LogP contribution in [0.1, 0.15) is 38.7 Å². The van der Waals surface area contributed by atoms with Gasteiger partial charge < -0.3 is 20.1 Å². The fraction of sp³-hybridized carbons (Fsp3) is 0.682. The second-order valence-electron chi connectivity index (χ2n) is 7.84. The van der Waals surface area contributed by atoms with Crippen LogP contribution in [0.15, 0.2) is 35.3 Å². The van der Waals surface area contributed by atoms with E-state index >= 15 is 0 Å². The molecule has 2 saturated heterocycles. The second kappa shape index (κ2) is 13.4. The quantitative estimate of drug-likeness (QED) is 0.300. The van der Waals surface area contributed by atoms with E-state index in [0.717, 1.165) is 51.8 Å². The molecule has 0 aliphatic carbocycles. The summed E-state index contributed by atoms with van der Waals surface area (Å²) < 4.78 is 11.3. The number of nitrogens with one attached hydrogen (secondary N) is 2. The highest BCUT2D eigenvalue weighted by molar-refractivity contribution is 14.0. The van der Waals surface area contributed by atoms with E-state index in [2.05, 4.69) is 59.7 Å². The summed E-state index contributed by atoms with van der Waals surface area (Å²) in [7, 11) is 0. The van der Waals surface area contributed by atoms with Crippen LogP contribution < -0.4 is 10.6 Å². The Morgan fingerprint density at radius 1 is 1.31 bits per heavy atom. The van der Waals surface area contributed by atoms with E-state index in [1.165, 1.54) is 18.4 Å². The molecule has 0 bridgehead atoms. The molecule has 3 unspecified atom stereocenters. The minimum absolute atomic E-state index is 0. The predicted molar refractivity (Wildman–Crippen MR) is 129 cm³/mol. The van der Waals surface area contributed by atoms with Crippen molar-refractivity contribution in [3.05, 3.63) is 35.9 Å². The van der Waals surface area contributed by atoms with Crippen molar-refractivity contribution in [3.63, 3.8) is 0 Å². The van der Waals surface area contributed by atoms with Crippen molar-refractivity contribution in [2.24, 2.45) is 4.99 Å². The lowest BCUT2D eigenvalue weighted by molar-refractivity contribution is 0.0347. The third-order valence-corrected chi connectivity index (χ3v) is 5.38. The van der Waals surface area contributed by atoms with Crippen molar-refractivity contribution in [2.75, 3.05) is 39.5 Å². The Bertz CT molecular complexity index is 596. The third-order valence-electron chi connectivity index (χ3n) is 5.38. The maximum atomic E-state index is 5.93. The lowest BCUT2D eigenvalue weighted by Gasteiger charge is -2.24. The molecule has 1 aromatic carbocycles. The van der Waals surface area contributed by atoms with Gasteiger partial charge in [0.15, 0.2) is 5.96 Å². The van der Waals surface area contributed by atoms with Crippen LogP contribution in [-0.2, 0) is 16.0 Å². The Balaban J connectivity index is 0.00000300. The molecule has 0 spiro atoms. The third kappa shape index (κ3) is 8.39. The minimum Gasteiger partial charge on any atom is -0.379 e. The predicted octanol–water partition coefficient (Wildman–Crippen LogP) is 3.02. The van der Waals surface area contributed by atoms with E-state index in [9.17, 15) is 0 Å². The number of benzene rings is 1. The molecule has 2 N–H and O–H groups in total. The van der Waals surface area contributed by atoms with Crippen LogP contribution in [0, 0.1) is 0 Å². The molecule has 0 saturated carbocycles. The Kier molecular flexibility index (Phi) is 11.3. The Morgan fingerprint density at radius 3 is 2.86 bits per heavy atom. The van der Waals surface area contributed by atoms with Crippen molar-refractivity contribution >= 4 is 29.9 Å². The minimum atomic E-state index is 0. The van der Waals surface area contributed by atoms with Crippen LogP contribution in [0.4, 0.5) is 0 Å². The first kappa shape index (κ1) is 24.4. The van der Waals surface area contributed by atoms with Crippen molar-refractivity contribution < 1.29 is 9.47 Å². The summed E-state index contributed by atoms with van der Waals surface area (Å²) in [5.41, 5.74) is 1.38. The maximum absolute atomic E-state index is 5.93. The van der Waals surface area contributed by atoms with Gasteiger partial charge in [0.1, 0.15) is 0 Å². The molecule has 0 amide bonds. The topological polar surface area (TPSA) is 58.1 Å². The fourth-order valence-electron chi connectivity index (χ4n) is 3.84. The number of hydrogen-bond donors (Lipinski definition) is 2. The molecule has 3 atom stereocenters. The molecule has 1 aromatic rings. The Labute approximate surface area is 192 Å². The number of aliphatic imine (C=N–C) groups is 1. The standard InChI is InChI=1S/C22H36N4O2.HI/c1-3-23-22(25-18(2)16-28-21-11-13-27-17-21)24-14-20-10-7-12-26(20)15-19-8-5-4-6-9-19;/h4-6,8-9,18,20-21H,3,7,10-17H2,1-2H3,(H2,23,24,25);1H. The normalized spacial score (nSPS) is 23.6. The van der Waals surface area contributed by atoms with Gasteiger partial charge in [0.25, 0.3) is 0 Å². The first-order valence-corrected chi connectivity index (χ1v) is 10.8. The highest BCUT2D eigenvalue weighted by Crippen LogP contribution is 2.20. The number of ether oxygens (including phenoxy) is 2. The smallest absolute Gasteiger partial charge is 0.191 e. The molecule has 0 radical (unpaired) electrons. The summed E-state index contributed by atoms with van der Waals surface area (Å²) in [4.78, 5) is 7.44. The van der Waals surface area contributed by atoms with Crippen LogP contribution >= 0.6 is 24.0 Å². The van der Waals surface area contributed by atoms with E-state index in [1.807, 2.05) is 0 Å². The zero-order valence-electron chi connectivity index (χ0n) is 17.8. The summed E-state index contributed by atoms with van der Waals surface area (Å²) in [6, 6.07) is 11.5. The highest BCUT2D eigenvalue weighted by atomic mass is 127. The van der Waals surface area contributed by atoms with Crippen molar-refractivity contribution in [3.8, 4) is 0 Å². The fourth-order valence-corrected chi connectivity index (χ4v) is 3.84. The highest BCUT2D eigenvalue weighted by Gasteiger charge is 2.24.